The molecule has 0 aliphatic rings. The molecule has 0 saturated heterocycles. The minimum absolute atomic E-state index is 0. The first-order valence-electron chi connectivity index (χ1n) is 0. The predicted molar refractivity (Wildman–Crippen MR) is 10.8 cm³/mol. The van der Waals surface area contributed by atoms with Gasteiger partial charge in [-0.25, -0.2) is 0 Å². The molecule has 6 heavy (non-hydrogen) atoms. The van der Waals surface area contributed by atoms with Gasteiger partial charge in [-0.2, -0.15) is 0 Å². The van der Waals surface area contributed by atoms with Crippen molar-refractivity contribution in [1.29, 1.82) is 0 Å². The standard InChI is InChI=1S/2Ce.Ni.3H2O/h;;;3*1H2. The third-order valence-corrected chi connectivity index (χ3v) is 0. The van der Waals surface area contributed by atoms with Crippen LogP contribution in [0.3, 0.4) is 0 Å². The molecule has 0 aromatic rings. The van der Waals surface area contributed by atoms with Crippen LogP contribution in [0, 0.1) is 83.5 Å². The number of rotatable bonds is 0. The molecule has 0 saturated carbocycles. The Bertz CT molecular complexity index is 8.75. The Kier molecular flexibility index (Phi) is 434. The molecule has 0 bridgehead atoms. The third kappa shape index (κ3) is 27.4. The SMILES string of the molecule is O.O.O.[Ce].[Ce].[Ni]. The molecule has 0 spiro atoms. The Hall–Kier alpha value is 3.13. The topological polar surface area (TPSA) is 94.5 Å². The maximum atomic E-state index is 0. The van der Waals surface area contributed by atoms with Crippen molar-refractivity contribution in [3.63, 3.8) is 0 Å². The van der Waals surface area contributed by atoms with E-state index in [2.05, 4.69) is 0 Å². The van der Waals surface area contributed by atoms with E-state index in [4.69, 9.17) is 0 Å². The fourth-order valence-electron chi connectivity index (χ4n) is 0. The van der Waals surface area contributed by atoms with Crippen molar-refractivity contribution in [2.45, 2.75) is 0 Å². The molecule has 0 heterocycles. The maximum Gasteiger partial charge on any atom is 0 e. The number of hydrogen-bond acceptors (Lipinski definition) is 0. The van der Waals surface area contributed by atoms with Crippen LogP contribution in [-0.2, 0) is 16.5 Å². The second-order valence-corrected chi connectivity index (χ2v) is 0. The van der Waals surface area contributed by atoms with Crippen LogP contribution in [0.2, 0.25) is 0 Å². The van der Waals surface area contributed by atoms with E-state index in [9.17, 15) is 0 Å². The zero-order valence-corrected chi connectivity index (χ0v) is 10.1. The van der Waals surface area contributed by atoms with E-state index in [1.165, 1.54) is 0 Å². The Labute approximate surface area is 114 Å². The van der Waals surface area contributed by atoms with Gasteiger partial charge in [-0.05, 0) is 0 Å². The second-order valence-electron chi connectivity index (χ2n) is 0. The van der Waals surface area contributed by atoms with Crippen molar-refractivity contribution >= 4 is 0 Å². The van der Waals surface area contributed by atoms with Crippen molar-refractivity contribution in [3.05, 3.63) is 0 Å². The van der Waals surface area contributed by atoms with Gasteiger partial charge in [-0.15, -0.1) is 0 Å². The van der Waals surface area contributed by atoms with Crippen LogP contribution in [0.5, 0.6) is 0 Å². The molecule has 0 rings (SSSR count). The minimum Gasteiger partial charge on any atom is -0.412 e. The summed E-state index contributed by atoms with van der Waals surface area (Å²) >= 11 is 0. The summed E-state index contributed by atoms with van der Waals surface area (Å²) in [7, 11) is 0. The van der Waals surface area contributed by atoms with E-state index in [1.807, 2.05) is 0 Å². The molecule has 0 amide bonds. The molecular weight excluding hydrogens is 387 g/mol. The molecule has 42 valence electrons. The van der Waals surface area contributed by atoms with Gasteiger partial charge in [0.1, 0.15) is 0 Å². The average molecular weight is 393 g/mol. The van der Waals surface area contributed by atoms with Gasteiger partial charge in [0.25, 0.3) is 0 Å². The molecule has 6 heteroatoms. The zero-order valence-electron chi connectivity index (χ0n) is 2.82. The van der Waals surface area contributed by atoms with Crippen LogP contribution in [-0.4, -0.2) is 16.4 Å². The van der Waals surface area contributed by atoms with Gasteiger partial charge in [-0.1, -0.05) is 0 Å². The van der Waals surface area contributed by atoms with E-state index in [0.29, 0.717) is 0 Å². The van der Waals surface area contributed by atoms with Crippen molar-refractivity contribution in [2.75, 3.05) is 0 Å². The monoisotopic (exact) mass is 392 g/mol. The fraction of sp³-hybridized carbons (Fsp3) is 0. The van der Waals surface area contributed by atoms with Crippen LogP contribution in [0.25, 0.3) is 0 Å². The molecule has 0 aliphatic carbocycles. The minimum atomic E-state index is 0. The van der Waals surface area contributed by atoms with Crippen molar-refractivity contribution in [2.24, 2.45) is 0 Å². The molecule has 6 N–H and O–H groups in total. The van der Waals surface area contributed by atoms with Gasteiger partial charge >= 0.3 is 0 Å². The molecule has 0 aromatic carbocycles. The van der Waals surface area contributed by atoms with Gasteiger partial charge in [0, 0.05) is 100.0 Å². The van der Waals surface area contributed by atoms with E-state index in [1.54, 1.807) is 0 Å². The normalized spacial score (nSPS) is 0. The van der Waals surface area contributed by atoms with Gasteiger partial charge in [-0.3, -0.25) is 0 Å². The molecule has 3 nitrogen and oxygen atoms in total. The van der Waals surface area contributed by atoms with E-state index in [0.717, 1.165) is 0 Å². The summed E-state index contributed by atoms with van der Waals surface area (Å²) in [5.74, 6) is 0. The second kappa shape index (κ2) is 42.2. The summed E-state index contributed by atoms with van der Waals surface area (Å²) < 4.78 is 0. The summed E-state index contributed by atoms with van der Waals surface area (Å²) in [6, 6.07) is 0. The summed E-state index contributed by atoms with van der Waals surface area (Å²) in [5.41, 5.74) is 0. The van der Waals surface area contributed by atoms with Gasteiger partial charge in [0.2, 0.25) is 0 Å². The average Bonchev–Trinajstić information content (AvgIpc) is 0. The number of hydrogen-bond donors (Lipinski definition) is 0. The summed E-state index contributed by atoms with van der Waals surface area (Å²) in [4.78, 5) is 0. The Morgan fingerprint density at radius 1 is 0.500 bits per heavy atom. The first-order valence-corrected chi connectivity index (χ1v) is 0. The van der Waals surface area contributed by atoms with Crippen LogP contribution in [0.15, 0.2) is 0 Å². The third-order valence-electron chi connectivity index (χ3n) is 0. The first kappa shape index (κ1) is 61.7. The Morgan fingerprint density at radius 2 is 0.500 bits per heavy atom. The van der Waals surface area contributed by atoms with Crippen molar-refractivity contribution in [1.82, 2.24) is 0 Å². The summed E-state index contributed by atoms with van der Waals surface area (Å²) in [6.07, 6.45) is 0. The van der Waals surface area contributed by atoms with Crippen LogP contribution >= 0.6 is 0 Å². The quantitative estimate of drug-likeness (QED) is 0.408. The van der Waals surface area contributed by atoms with Gasteiger partial charge in [0.05, 0.1) is 0 Å². The fourth-order valence-corrected chi connectivity index (χ4v) is 0. The molecule has 0 radical (unpaired) electrons. The van der Waals surface area contributed by atoms with Crippen LogP contribution < -0.4 is 0 Å². The van der Waals surface area contributed by atoms with Gasteiger partial charge < -0.3 is 16.4 Å². The largest absolute Gasteiger partial charge is 0.412 e. The smallest absolute Gasteiger partial charge is 0 e. The first-order chi connectivity index (χ1) is 0. The maximum absolute atomic E-state index is 0. The van der Waals surface area contributed by atoms with Gasteiger partial charge in [0.15, 0.2) is 0 Å². The predicted octanol–water partition coefficient (Wildman–Crippen LogP) is -2.48. The molecule has 0 aliphatic heterocycles. The Balaban J connectivity index is 0. The van der Waals surface area contributed by atoms with Crippen molar-refractivity contribution in [3.8, 4) is 0 Å². The zero-order chi connectivity index (χ0) is 0. The van der Waals surface area contributed by atoms with E-state index < -0.39 is 0 Å². The molecule has 0 atom stereocenters. The van der Waals surface area contributed by atoms with Crippen LogP contribution in [0.4, 0.5) is 0 Å². The summed E-state index contributed by atoms with van der Waals surface area (Å²) in [6.45, 7) is 0. The van der Waals surface area contributed by atoms with Crippen molar-refractivity contribution < 1.29 is 116 Å². The van der Waals surface area contributed by atoms with E-state index >= 15 is 0 Å². The molecule has 0 unspecified atom stereocenters. The molecule has 0 fully saturated rings. The Morgan fingerprint density at radius 3 is 0.500 bits per heavy atom. The molecule has 0 aromatic heterocycles. The molecular formula is H6Ce2NiO3. The van der Waals surface area contributed by atoms with Crippen LogP contribution in [0.1, 0.15) is 0 Å². The summed E-state index contributed by atoms with van der Waals surface area (Å²) in [5, 5.41) is 0. The van der Waals surface area contributed by atoms with E-state index in [-0.39, 0.29) is 116 Å².